The average molecular weight is 634 g/mol. The second kappa shape index (κ2) is 12.5. The quantitative estimate of drug-likeness (QED) is 0.146. The van der Waals surface area contributed by atoms with E-state index in [0.29, 0.717) is 11.1 Å². The SMILES string of the molecule is C=C(/C=C(\C)C#N)c1cccc(-c2cc3sc4cc(-c5cccc(/C(C)=C/C(C#N)=C\N)c5)c5ccccc5c4c3c3ccccc23)c1. The molecule has 0 saturated heterocycles. The van der Waals surface area contributed by atoms with Crippen LogP contribution >= 0.6 is 11.3 Å². The molecule has 0 amide bonds. The number of nitriles is 2. The minimum absolute atomic E-state index is 0.434. The Balaban J connectivity index is 1.46. The molecule has 0 aliphatic heterocycles. The fourth-order valence-corrected chi connectivity index (χ4v) is 7.82. The molecular formula is C44H31N3S. The Morgan fingerprint density at radius 1 is 0.646 bits per heavy atom. The normalized spacial score (nSPS) is 12.5. The van der Waals surface area contributed by atoms with E-state index in [0.717, 1.165) is 33.4 Å². The van der Waals surface area contributed by atoms with E-state index in [9.17, 15) is 10.5 Å². The fourth-order valence-electron chi connectivity index (χ4n) is 6.60. The van der Waals surface area contributed by atoms with Gasteiger partial charge in [0.2, 0.25) is 0 Å². The van der Waals surface area contributed by atoms with E-state index in [1.165, 1.54) is 59.0 Å². The molecule has 0 fully saturated rings. The summed E-state index contributed by atoms with van der Waals surface area (Å²) in [6.45, 7) is 8.04. The lowest BCUT2D eigenvalue weighted by molar-refractivity contribution is 1.44. The second-order valence-electron chi connectivity index (χ2n) is 12.0. The maximum atomic E-state index is 9.40. The van der Waals surface area contributed by atoms with Crippen molar-refractivity contribution in [2.75, 3.05) is 0 Å². The monoisotopic (exact) mass is 633 g/mol. The molecular weight excluding hydrogens is 603 g/mol. The molecule has 228 valence electrons. The van der Waals surface area contributed by atoms with E-state index < -0.39 is 0 Å². The topological polar surface area (TPSA) is 73.6 Å². The van der Waals surface area contributed by atoms with E-state index in [1.54, 1.807) is 6.92 Å². The summed E-state index contributed by atoms with van der Waals surface area (Å²) in [7, 11) is 0. The first-order valence-corrected chi connectivity index (χ1v) is 16.5. The number of allylic oxidation sites excluding steroid dienone is 6. The molecule has 48 heavy (non-hydrogen) atoms. The molecule has 7 rings (SSSR count). The Labute approximate surface area is 284 Å². The van der Waals surface area contributed by atoms with Gasteiger partial charge in [-0.1, -0.05) is 91.5 Å². The summed E-state index contributed by atoms with van der Waals surface area (Å²) < 4.78 is 2.46. The van der Waals surface area contributed by atoms with Crippen LogP contribution < -0.4 is 5.73 Å². The van der Waals surface area contributed by atoms with Crippen molar-refractivity contribution in [2.24, 2.45) is 5.73 Å². The first kappa shape index (κ1) is 30.5. The van der Waals surface area contributed by atoms with Gasteiger partial charge in [0, 0.05) is 31.9 Å². The van der Waals surface area contributed by atoms with Gasteiger partial charge in [-0.05, 0) is 116 Å². The van der Waals surface area contributed by atoms with E-state index in [-0.39, 0.29) is 0 Å². The van der Waals surface area contributed by atoms with Crippen LogP contribution in [0.3, 0.4) is 0 Å². The van der Waals surface area contributed by atoms with Gasteiger partial charge in [-0.25, -0.2) is 0 Å². The minimum atomic E-state index is 0.434. The van der Waals surface area contributed by atoms with Crippen molar-refractivity contribution in [3.63, 3.8) is 0 Å². The van der Waals surface area contributed by atoms with Crippen LogP contribution in [0.1, 0.15) is 25.0 Å². The van der Waals surface area contributed by atoms with Crippen molar-refractivity contribution in [2.45, 2.75) is 13.8 Å². The van der Waals surface area contributed by atoms with E-state index in [4.69, 9.17) is 5.73 Å². The van der Waals surface area contributed by atoms with Crippen molar-refractivity contribution < 1.29 is 0 Å². The molecule has 2 N–H and O–H groups in total. The molecule has 1 heterocycles. The van der Waals surface area contributed by atoms with Crippen LogP contribution in [0, 0.1) is 22.7 Å². The minimum Gasteiger partial charge on any atom is -0.404 e. The van der Waals surface area contributed by atoms with Crippen LogP contribution in [0.4, 0.5) is 0 Å². The summed E-state index contributed by atoms with van der Waals surface area (Å²) in [5.74, 6) is 0. The smallest absolute Gasteiger partial charge is 0.101 e. The summed E-state index contributed by atoms with van der Waals surface area (Å²) in [6.07, 6.45) is 5.00. The third kappa shape index (κ3) is 5.35. The Hall–Kier alpha value is -6.20. The largest absolute Gasteiger partial charge is 0.404 e. The van der Waals surface area contributed by atoms with Crippen LogP contribution in [0.15, 0.2) is 145 Å². The van der Waals surface area contributed by atoms with Gasteiger partial charge in [0.05, 0.1) is 11.6 Å². The van der Waals surface area contributed by atoms with Crippen LogP contribution in [0.2, 0.25) is 0 Å². The second-order valence-corrected chi connectivity index (χ2v) is 13.1. The highest BCUT2D eigenvalue weighted by atomic mass is 32.1. The highest BCUT2D eigenvalue weighted by Crippen LogP contribution is 2.47. The molecule has 0 atom stereocenters. The molecule has 1 aromatic heterocycles. The van der Waals surface area contributed by atoms with Gasteiger partial charge in [-0.15, -0.1) is 11.3 Å². The van der Waals surface area contributed by atoms with Crippen LogP contribution in [-0.2, 0) is 0 Å². The van der Waals surface area contributed by atoms with E-state index in [2.05, 4.69) is 122 Å². The molecule has 0 bridgehead atoms. The Morgan fingerprint density at radius 2 is 1.17 bits per heavy atom. The lowest BCUT2D eigenvalue weighted by Gasteiger charge is -2.13. The summed E-state index contributed by atoms with van der Waals surface area (Å²) in [5, 5.41) is 26.1. The van der Waals surface area contributed by atoms with Gasteiger partial charge in [0.1, 0.15) is 6.07 Å². The third-order valence-electron chi connectivity index (χ3n) is 8.91. The fraction of sp³-hybridized carbons (Fsp3) is 0.0455. The molecule has 0 aliphatic carbocycles. The van der Waals surface area contributed by atoms with E-state index >= 15 is 0 Å². The molecule has 0 saturated carbocycles. The van der Waals surface area contributed by atoms with Crippen LogP contribution in [0.25, 0.3) is 75.1 Å². The van der Waals surface area contributed by atoms with Gasteiger partial charge < -0.3 is 5.73 Å². The van der Waals surface area contributed by atoms with Crippen LogP contribution in [-0.4, -0.2) is 0 Å². The maximum absolute atomic E-state index is 9.40. The van der Waals surface area contributed by atoms with E-state index in [1.807, 2.05) is 36.5 Å². The number of nitrogens with two attached hydrogens (primary N) is 1. The molecule has 0 unspecified atom stereocenters. The number of hydrogen-bond acceptors (Lipinski definition) is 4. The lowest BCUT2D eigenvalue weighted by atomic mass is 9.90. The standard InChI is InChI=1S/C44H31N3S/c1-27(24-45)18-28(2)31-10-8-12-33(20-31)39-22-41-43(37-16-6-4-14-35(37)39)44-38-17-7-5-15-36(38)40(23-42(44)48-41)34-13-9-11-32(21-34)29(3)19-30(25-46)26-47/h4-23,25H,2,46H2,1,3H3/b27-18+,29-19+,30-25+. The highest BCUT2D eigenvalue weighted by molar-refractivity contribution is 7.26. The van der Waals surface area contributed by atoms with Crippen molar-refractivity contribution in [1.82, 2.24) is 0 Å². The number of benzene rings is 6. The molecule has 6 aromatic carbocycles. The number of rotatable bonds is 6. The summed E-state index contributed by atoms with van der Waals surface area (Å²) >= 11 is 1.82. The number of nitrogens with zero attached hydrogens (tertiary/aromatic N) is 2. The van der Waals surface area contributed by atoms with Crippen molar-refractivity contribution in [3.8, 4) is 34.4 Å². The predicted octanol–water partition coefficient (Wildman–Crippen LogP) is 11.9. The van der Waals surface area contributed by atoms with Crippen molar-refractivity contribution >= 4 is 64.2 Å². The molecule has 0 radical (unpaired) electrons. The van der Waals surface area contributed by atoms with Crippen LogP contribution in [0.5, 0.6) is 0 Å². The van der Waals surface area contributed by atoms with Gasteiger partial charge in [0.25, 0.3) is 0 Å². The molecule has 4 heteroatoms. The van der Waals surface area contributed by atoms with Crippen molar-refractivity contribution in [3.05, 3.63) is 156 Å². The Kier molecular flexibility index (Phi) is 7.95. The first-order chi connectivity index (χ1) is 23.4. The maximum Gasteiger partial charge on any atom is 0.101 e. The molecule has 3 nitrogen and oxygen atoms in total. The average Bonchev–Trinajstić information content (AvgIpc) is 3.52. The first-order valence-electron chi connectivity index (χ1n) is 15.7. The number of hydrogen-bond donors (Lipinski definition) is 1. The molecule has 0 spiro atoms. The summed E-state index contributed by atoms with van der Waals surface area (Å²) in [5.41, 5.74) is 15.1. The number of fused-ring (bicyclic) bond motifs is 7. The highest BCUT2D eigenvalue weighted by Gasteiger charge is 2.18. The third-order valence-corrected chi connectivity index (χ3v) is 9.99. The zero-order valence-corrected chi connectivity index (χ0v) is 27.5. The Bertz CT molecular complexity index is 2630. The Morgan fingerprint density at radius 3 is 1.69 bits per heavy atom. The van der Waals surface area contributed by atoms with Gasteiger partial charge in [-0.3, -0.25) is 0 Å². The summed E-state index contributed by atoms with van der Waals surface area (Å²) in [6, 6.07) is 43.3. The van der Waals surface area contributed by atoms with Gasteiger partial charge in [-0.2, -0.15) is 10.5 Å². The zero-order chi connectivity index (χ0) is 33.4. The zero-order valence-electron chi connectivity index (χ0n) is 26.7. The number of thiophene rings is 1. The lowest BCUT2D eigenvalue weighted by Crippen LogP contribution is -1.88. The molecule has 0 aliphatic rings. The molecule has 7 aromatic rings. The summed E-state index contributed by atoms with van der Waals surface area (Å²) in [4.78, 5) is 0. The van der Waals surface area contributed by atoms with Gasteiger partial charge in [0.15, 0.2) is 0 Å². The predicted molar refractivity (Wildman–Crippen MR) is 205 cm³/mol. The van der Waals surface area contributed by atoms with Crippen molar-refractivity contribution in [1.29, 1.82) is 10.5 Å². The van der Waals surface area contributed by atoms with Gasteiger partial charge >= 0.3 is 0 Å².